The summed E-state index contributed by atoms with van der Waals surface area (Å²) in [5, 5.41) is 20.2. The molecule has 11 nitrogen and oxygen atoms in total. The molecule has 1 aliphatic rings. The van der Waals surface area contributed by atoms with E-state index in [9.17, 15) is 18.0 Å². The molecule has 1 aliphatic heterocycles. The molecule has 3 rings (SSSR count). The number of amidine groups is 1. The summed E-state index contributed by atoms with van der Waals surface area (Å²) in [7, 11) is -0.489. The van der Waals surface area contributed by atoms with Gasteiger partial charge in [0, 0.05) is 33.7 Å². The molecular weight excluding hydrogens is 497 g/mol. The molecule has 170 valence electrons. The zero-order valence-corrected chi connectivity index (χ0v) is 19.5. The molecule has 1 saturated heterocycles. The number of hydrogen-bond donors (Lipinski definition) is 3. The molecule has 0 bridgehead atoms. The van der Waals surface area contributed by atoms with Crippen molar-refractivity contribution in [3.05, 3.63) is 34.2 Å². The fourth-order valence-electron chi connectivity index (χ4n) is 3.12. The SMILES string of the molecule is CN(C)S(=O)(=O)N1CC[C@](C)(CNc2nonc2C(=Nc2ccc(F)c(Br)c2)NO)C1. The van der Waals surface area contributed by atoms with Crippen molar-refractivity contribution >= 4 is 43.5 Å². The van der Waals surface area contributed by atoms with Crippen LogP contribution in [-0.4, -0.2) is 72.1 Å². The molecule has 0 spiro atoms. The summed E-state index contributed by atoms with van der Waals surface area (Å²) in [6.45, 7) is 3.10. The number of aromatic nitrogens is 2. The van der Waals surface area contributed by atoms with Gasteiger partial charge in [-0.1, -0.05) is 6.92 Å². The Morgan fingerprint density at radius 3 is 2.84 bits per heavy atom. The fourth-order valence-corrected chi connectivity index (χ4v) is 4.75. The van der Waals surface area contributed by atoms with Crippen molar-refractivity contribution in [2.45, 2.75) is 13.3 Å². The van der Waals surface area contributed by atoms with Crippen molar-refractivity contribution in [1.29, 1.82) is 0 Å². The van der Waals surface area contributed by atoms with Crippen LogP contribution in [0.25, 0.3) is 0 Å². The fraction of sp³-hybridized carbons (Fsp3) is 0.471. The first-order chi connectivity index (χ1) is 14.6. The van der Waals surface area contributed by atoms with E-state index in [0.717, 1.165) is 0 Å². The number of hydrogen-bond acceptors (Lipinski definition) is 8. The van der Waals surface area contributed by atoms with Crippen LogP contribution in [0, 0.1) is 11.2 Å². The van der Waals surface area contributed by atoms with Crippen LogP contribution in [0.5, 0.6) is 0 Å². The lowest BCUT2D eigenvalue weighted by molar-refractivity contribution is 0.234. The molecular formula is C17H23BrFN7O4S. The molecule has 2 heterocycles. The lowest BCUT2D eigenvalue weighted by Crippen LogP contribution is -2.40. The summed E-state index contributed by atoms with van der Waals surface area (Å²) < 4.78 is 45.8. The van der Waals surface area contributed by atoms with Crippen molar-refractivity contribution in [2.24, 2.45) is 10.4 Å². The van der Waals surface area contributed by atoms with Gasteiger partial charge in [-0.25, -0.2) is 14.0 Å². The second-order valence-electron chi connectivity index (χ2n) is 7.67. The molecule has 2 aromatic rings. The third-order valence-electron chi connectivity index (χ3n) is 4.96. The van der Waals surface area contributed by atoms with E-state index in [1.807, 2.05) is 12.4 Å². The third-order valence-corrected chi connectivity index (χ3v) is 7.45. The lowest BCUT2D eigenvalue weighted by atomic mass is 9.90. The highest BCUT2D eigenvalue weighted by Crippen LogP contribution is 2.32. The zero-order valence-electron chi connectivity index (χ0n) is 17.1. The molecule has 0 radical (unpaired) electrons. The van der Waals surface area contributed by atoms with Gasteiger partial charge in [-0.3, -0.25) is 10.7 Å². The number of halogens is 2. The Bertz CT molecular complexity index is 1080. The second-order valence-corrected chi connectivity index (χ2v) is 10.7. The van der Waals surface area contributed by atoms with Crippen molar-refractivity contribution in [2.75, 3.05) is 39.0 Å². The number of rotatable bonds is 7. The van der Waals surface area contributed by atoms with Crippen molar-refractivity contribution in [3.8, 4) is 0 Å². The van der Waals surface area contributed by atoms with Gasteiger partial charge in [0.1, 0.15) is 5.82 Å². The number of anilines is 1. The van der Waals surface area contributed by atoms with E-state index in [2.05, 4.69) is 36.6 Å². The first-order valence-corrected chi connectivity index (χ1v) is 11.4. The minimum atomic E-state index is -3.49. The Morgan fingerprint density at radius 1 is 1.45 bits per heavy atom. The van der Waals surface area contributed by atoms with E-state index in [1.165, 1.54) is 40.9 Å². The van der Waals surface area contributed by atoms with Gasteiger partial charge in [0.15, 0.2) is 11.5 Å². The number of aliphatic imine (C=N–C) groups is 1. The van der Waals surface area contributed by atoms with Gasteiger partial charge in [-0.2, -0.15) is 17.0 Å². The maximum absolute atomic E-state index is 13.4. The summed E-state index contributed by atoms with van der Waals surface area (Å²) in [6.07, 6.45) is 0.649. The molecule has 14 heteroatoms. The summed E-state index contributed by atoms with van der Waals surface area (Å²) in [6, 6.07) is 4.09. The number of nitrogens with one attached hydrogen (secondary N) is 2. The topological polar surface area (TPSA) is 136 Å². The van der Waals surface area contributed by atoms with Crippen LogP contribution >= 0.6 is 15.9 Å². The first-order valence-electron chi connectivity index (χ1n) is 9.24. The van der Waals surface area contributed by atoms with Gasteiger partial charge in [-0.15, -0.1) is 0 Å². The predicted molar refractivity (Wildman–Crippen MR) is 115 cm³/mol. The quantitative estimate of drug-likeness (QED) is 0.287. The maximum Gasteiger partial charge on any atom is 0.281 e. The van der Waals surface area contributed by atoms with Crippen molar-refractivity contribution in [1.82, 2.24) is 24.4 Å². The molecule has 0 saturated carbocycles. The van der Waals surface area contributed by atoms with Crippen molar-refractivity contribution in [3.63, 3.8) is 0 Å². The minimum Gasteiger partial charge on any atom is -0.365 e. The molecule has 0 unspecified atom stereocenters. The van der Waals surface area contributed by atoms with Gasteiger partial charge in [0.25, 0.3) is 10.2 Å². The molecule has 1 fully saturated rings. The second kappa shape index (κ2) is 9.16. The van der Waals surface area contributed by atoms with Crippen LogP contribution in [-0.2, 0) is 10.2 Å². The molecule has 3 N–H and O–H groups in total. The monoisotopic (exact) mass is 519 g/mol. The lowest BCUT2D eigenvalue weighted by Gasteiger charge is -2.26. The Labute approximate surface area is 187 Å². The van der Waals surface area contributed by atoms with Gasteiger partial charge >= 0.3 is 0 Å². The molecule has 0 aliphatic carbocycles. The Hall–Kier alpha value is -2.13. The van der Waals surface area contributed by atoms with Crippen LogP contribution in [0.15, 0.2) is 32.3 Å². The number of nitrogens with zero attached hydrogens (tertiary/aromatic N) is 5. The summed E-state index contributed by atoms with van der Waals surface area (Å²) in [4.78, 5) is 4.21. The summed E-state index contributed by atoms with van der Waals surface area (Å²) >= 11 is 3.08. The largest absolute Gasteiger partial charge is 0.365 e. The van der Waals surface area contributed by atoms with Crippen LogP contribution in [0.3, 0.4) is 0 Å². The van der Waals surface area contributed by atoms with E-state index in [-0.39, 0.29) is 27.2 Å². The van der Waals surface area contributed by atoms with E-state index in [0.29, 0.717) is 31.7 Å². The average molecular weight is 520 g/mol. The first kappa shape index (κ1) is 23.5. The summed E-state index contributed by atoms with van der Waals surface area (Å²) in [5.74, 6) is -0.287. The average Bonchev–Trinajstić information content (AvgIpc) is 3.34. The highest BCUT2D eigenvalue weighted by Gasteiger charge is 2.40. The minimum absolute atomic E-state index is 0.0596. The standard InChI is InChI=1S/C17H23BrFN7O4S/c1-17(6-7-26(10-17)31(28,29)25(2)3)9-20-15-14(23-30-24-15)16(22-27)21-11-4-5-13(19)12(18)8-11/h4-5,8,27H,6-7,9-10H2,1-3H3,(H,20,24)(H,21,22)/t17-/m1/s1. The van der Waals surface area contributed by atoms with Crippen LogP contribution in [0.1, 0.15) is 19.0 Å². The van der Waals surface area contributed by atoms with E-state index in [4.69, 9.17) is 4.63 Å². The van der Waals surface area contributed by atoms with E-state index in [1.54, 1.807) is 0 Å². The Morgan fingerprint density at radius 2 is 2.19 bits per heavy atom. The number of benzene rings is 1. The summed E-state index contributed by atoms with van der Waals surface area (Å²) in [5.41, 5.74) is 2.06. The highest BCUT2D eigenvalue weighted by atomic mass is 79.9. The molecule has 1 atom stereocenters. The molecule has 1 aromatic heterocycles. The normalized spacial score (nSPS) is 20.4. The predicted octanol–water partition coefficient (Wildman–Crippen LogP) is 1.96. The molecule has 1 aromatic carbocycles. The molecule has 31 heavy (non-hydrogen) atoms. The van der Waals surface area contributed by atoms with Crippen LogP contribution in [0.4, 0.5) is 15.9 Å². The van der Waals surface area contributed by atoms with Gasteiger partial charge in [0.2, 0.25) is 5.82 Å². The van der Waals surface area contributed by atoms with Crippen LogP contribution < -0.4 is 10.8 Å². The highest BCUT2D eigenvalue weighted by molar-refractivity contribution is 9.10. The zero-order chi connectivity index (χ0) is 22.8. The smallest absolute Gasteiger partial charge is 0.281 e. The Kier molecular flexibility index (Phi) is 6.95. The van der Waals surface area contributed by atoms with Gasteiger partial charge < -0.3 is 5.32 Å². The van der Waals surface area contributed by atoms with Gasteiger partial charge in [0.05, 0.1) is 10.2 Å². The van der Waals surface area contributed by atoms with E-state index >= 15 is 0 Å². The van der Waals surface area contributed by atoms with Gasteiger partial charge in [-0.05, 0) is 56.3 Å². The Balaban J connectivity index is 1.74. The maximum atomic E-state index is 13.4. The number of hydroxylamine groups is 1. The van der Waals surface area contributed by atoms with E-state index < -0.39 is 16.0 Å². The molecule has 0 amide bonds. The third kappa shape index (κ3) is 5.20. The van der Waals surface area contributed by atoms with Crippen molar-refractivity contribution < 1.29 is 22.6 Å². The van der Waals surface area contributed by atoms with Crippen LogP contribution in [0.2, 0.25) is 0 Å².